The molecule has 0 spiro atoms. The molecule has 0 aliphatic carbocycles. The second kappa shape index (κ2) is 7.73. The summed E-state index contributed by atoms with van der Waals surface area (Å²) in [7, 11) is 0. The Hall–Kier alpha value is -2.41. The molecule has 23 heavy (non-hydrogen) atoms. The monoisotopic (exact) mass is 333 g/mol. The molecular formula is C16H17N2O4S-. The minimum absolute atomic E-state index is 0.230. The molecule has 0 fully saturated rings. The molecule has 0 radical (unpaired) electrons. The minimum Gasteiger partial charge on any atom is -0.550 e. The van der Waals surface area contributed by atoms with Crippen LogP contribution in [0.25, 0.3) is 0 Å². The van der Waals surface area contributed by atoms with E-state index in [4.69, 9.17) is 4.74 Å². The van der Waals surface area contributed by atoms with Crippen molar-refractivity contribution in [2.45, 2.75) is 26.2 Å². The zero-order valence-electron chi connectivity index (χ0n) is 12.9. The largest absolute Gasteiger partial charge is 0.550 e. The first-order chi connectivity index (χ1) is 11.0. The van der Waals surface area contributed by atoms with E-state index in [0.29, 0.717) is 28.7 Å². The number of hydrogen-bond acceptors (Lipinski definition) is 6. The lowest BCUT2D eigenvalue weighted by molar-refractivity contribution is -0.304. The molecule has 2 aromatic rings. The van der Waals surface area contributed by atoms with Crippen LogP contribution in [-0.4, -0.2) is 23.5 Å². The number of carboxylic acids is 1. The zero-order valence-corrected chi connectivity index (χ0v) is 13.7. The molecule has 0 saturated heterocycles. The van der Waals surface area contributed by atoms with Crippen LogP contribution >= 0.6 is 11.3 Å². The number of thiazole rings is 1. The van der Waals surface area contributed by atoms with Crippen molar-refractivity contribution in [1.82, 2.24) is 4.98 Å². The number of carbonyl (C=O) groups excluding carboxylic acids is 2. The van der Waals surface area contributed by atoms with Crippen LogP contribution in [0.4, 0.5) is 5.69 Å². The quantitative estimate of drug-likeness (QED) is 0.830. The summed E-state index contributed by atoms with van der Waals surface area (Å²) in [5.41, 5.74) is 0.997. The maximum absolute atomic E-state index is 12.4. The van der Waals surface area contributed by atoms with Gasteiger partial charge in [0.05, 0.1) is 23.9 Å². The Bertz CT molecular complexity index is 699. The molecule has 0 saturated carbocycles. The number of aliphatic carboxylic acids is 1. The maximum Gasteiger partial charge on any atom is 0.234 e. The molecule has 7 heteroatoms. The number of carboxylic acid groups (broad SMARTS) is 1. The number of hydrogen-bond donors (Lipinski definition) is 1. The second-order valence-corrected chi connectivity index (χ2v) is 5.76. The van der Waals surface area contributed by atoms with E-state index in [0.717, 1.165) is 0 Å². The van der Waals surface area contributed by atoms with Gasteiger partial charge in [0.25, 0.3) is 0 Å². The molecule has 2 rings (SSSR count). The number of para-hydroxylation sites is 2. The number of carbonyl (C=O) groups is 2. The fourth-order valence-corrected chi connectivity index (χ4v) is 2.83. The molecule has 0 aliphatic rings. The normalized spacial score (nSPS) is 11.7. The summed E-state index contributed by atoms with van der Waals surface area (Å²) in [5.74, 6) is -1.31. The third-order valence-corrected chi connectivity index (χ3v) is 4.18. The van der Waals surface area contributed by atoms with Gasteiger partial charge in [-0.1, -0.05) is 12.1 Å². The fourth-order valence-electron chi connectivity index (χ4n) is 1.96. The van der Waals surface area contributed by atoms with Gasteiger partial charge in [-0.05, 0) is 26.0 Å². The van der Waals surface area contributed by atoms with Crippen molar-refractivity contribution < 1.29 is 19.4 Å². The summed E-state index contributed by atoms with van der Waals surface area (Å²) in [6.07, 6.45) is -0.252. The third kappa shape index (κ3) is 4.53. The van der Waals surface area contributed by atoms with E-state index in [9.17, 15) is 14.7 Å². The Kier molecular flexibility index (Phi) is 5.70. The summed E-state index contributed by atoms with van der Waals surface area (Å²) in [6, 6.07) is 7.19. The number of aromatic nitrogens is 1. The standard InChI is InChI=1S/C16H18N2O4S/c1-3-22-13-7-5-4-6-12(13)18-15(21)10(2)16-17-11(9-23-16)8-14(19)20/h4-7,9-10H,3,8H2,1-2H3,(H,18,21)(H,19,20)/p-1/t10-/m1/s1. The number of ether oxygens (including phenoxy) is 1. The first kappa shape index (κ1) is 17.0. The van der Waals surface area contributed by atoms with E-state index >= 15 is 0 Å². The summed E-state index contributed by atoms with van der Waals surface area (Å²) >= 11 is 1.26. The number of anilines is 1. The summed E-state index contributed by atoms with van der Waals surface area (Å²) < 4.78 is 5.47. The van der Waals surface area contributed by atoms with Gasteiger partial charge < -0.3 is 20.0 Å². The molecular weight excluding hydrogens is 316 g/mol. The van der Waals surface area contributed by atoms with Crippen LogP contribution in [0.2, 0.25) is 0 Å². The van der Waals surface area contributed by atoms with E-state index < -0.39 is 11.9 Å². The van der Waals surface area contributed by atoms with Crippen LogP contribution in [0.1, 0.15) is 30.5 Å². The van der Waals surface area contributed by atoms with Crippen molar-refractivity contribution >= 4 is 28.9 Å². The van der Waals surface area contributed by atoms with Gasteiger partial charge in [0.2, 0.25) is 5.91 Å². The highest BCUT2D eigenvalue weighted by atomic mass is 32.1. The van der Waals surface area contributed by atoms with Gasteiger partial charge in [-0.2, -0.15) is 0 Å². The number of benzene rings is 1. The molecule has 122 valence electrons. The number of nitrogens with zero attached hydrogens (tertiary/aromatic N) is 1. The topological polar surface area (TPSA) is 91.3 Å². The highest BCUT2D eigenvalue weighted by Crippen LogP contribution is 2.27. The van der Waals surface area contributed by atoms with Gasteiger partial charge in [0.15, 0.2) is 0 Å². The third-order valence-electron chi connectivity index (χ3n) is 3.10. The Balaban J connectivity index is 2.08. The van der Waals surface area contributed by atoms with Crippen LogP contribution < -0.4 is 15.2 Å². The van der Waals surface area contributed by atoms with Gasteiger partial charge in [-0.25, -0.2) is 4.98 Å². The molecule has 1 N–H and O–H groups in total. The molecule has 0 bridgehead atoms. The SMILES string of the molecule is CCOc1ccccc1NC(=O)[C@@H](C)c1nc(CC(=O)[O-])cs1. The predicted molar refractivity (Wildman–Crippen MR) is 85.5 cm³/mol. The van der Waals surface area contributed by atoms with Crippen LogP contribution in [0.15, 0.2) is 29.6 Å². The van der Waals surface area contributed by atoms with Crippen LogP contribution in [0.5, 0.6) is 5.75 Å². The van der Waals surface area contributed by atoms with Crippen molar-refractivity contribution in [3.63, 3.8) is 0 Å². The first-order valence-corrected chi connectivity index (χ1v) is 8.06. The van der Waals surface area contributed by atoms with E-state index in [-0.39, 0.29) is 12.3 Å². The Morgan fingerprint density at radius 1 is 1.39 bits per heavy atom. The molecule has 1 aromatic heterocycles. The first-order valence-electron chi connectivity index (χ1n) is 7.18. The summed E-state index contributed by atoms with van der Waals surface area (Å²) in [5, 5.41) is 15.6. The smallest absolute Gasteiger partial charge is 0.234 e. The molecule has 0 unspecified atom stereocenters. The van der Waals surface area contributed by atoms with E-state index in [1.165, 1.54) is 11.3 Å². The van der Waals surface area contributed by atoms with Crippen molar-refractivity contribution in [2.75, 3.05) is 11.9 Å². The van der Waals surface area contributed by atoms with Crippen LogP contribution in [0.3, 0.4) is 0 Å². The van der Waals surface area contributed by atoms with E-state index in [1.54, 1.807) is 24.4 Å². The number of rotatable bonds is 7. The van der Waals surface area contributed by atoms with Gasteiger partial charge in [0.1, 0.15) is 10.8 Å². The predicted octanol–water partition coefficient (Wildman–Crippen LogP) is 1.58. The summed E-state index contributed by atoms with van der Waals surface area (Å²) in [4.78, 5) is 27.1. The average Bonchev–Trinajstić information content (AvgIpc) is 2.96. The highest BCUT2D eigenvalue weighted by molar-refractivity contribution is 7.09. The van der Waals surface area contributed by atoms with E-state index in [1.807, 2.05) is 19.1 Å². The summed E-state index contributed by atoms with van der Waals surface area (Å²) in [6.45, 7) is 4.09. The molecule has 1 amide bonds. The minimum atomic E-state index is -1.19. The van der Waals surface area contributed by atoms with Crippen molar-refractivity contribution in [3.05, 3.63) is 40.3 Å². The molecule has 1 heterocycles. The molecule has 1 atom stereocenters. The molecule has 1 aromatic carbocycles. The highest BCUT2D eigenvalue weighted by Gasteiger charge is 2.20. The Morgan fingerprint density at radius 2 is 2.13 bits per heavy atom. The zero-order chi connectivity index (χ0) is 16.8. The van der Waals surface area contributed by atoms with Crippen molar-refractivity contribution in [1.29, 1.82) is 0 Å². The molecule has 0 aliphatic heterocycles. The van der Waals surface area contributed by atoms with Gasteiger partial charge in [0, 0.05) is 17.8 Å². The lowest BCUT2D eigenvalue weighted by atomic mass is 10.1. The molecule has 6 nitrogen and oxygen atoms in total. The number of amides is 1. The lowest BCUT2D eigenvalue weighted by Gasteiger charge is -2.13. The second-order valence-electron chi connectivity index (χ2n) is 4.87. The van der Waals surface area contributed by atoms with Gasteiger partial charge in [-0.15, -0.1) is 11.3 Å². The maximum atomic E-state index is 12.4. The lowest BCUT2D eigenvalue weighted by Crippen LogP contribution is -2.24. The van der Waals surface area contributed by atoms with Crippen LogP contribution in [-0.2, 0) is 16.0 Å². The van der Waals surface area contributed by atoms with E-state index in [2.05, 4.69) is 10.3 Å². The van der Waals surface area contributed by atoms with Crippen molar-refractivity contribution in [2.24, 2.45) is 0 Å². The average molecular weight is 333 g/mol. The van der Waals surface area contributed by atoms with Crippen molar-refractivity contribution in [3.8, 4) is 5.75 Å². The van der Waals surface area contributed by atoms with Crippen LogP contribution in [0, 0.1) is 0 Å². The van der Waals surface area contributed by atoms with Gasteiger partial charge in [-0.3, -0.25) is 4.79 Å². The fraction of sp³-hybridized carbons (Fsp3) is 0.312. The Labute approximate surface area is 138 Å². The number of nitrogens with one attached hydrogen (secondary N) is 1. The Morgan fingerprint density at radius 3 is 2.83 bits per heavy atom. The van der Waals surface area contributed by atoms with Gasteiger partial charge >= 0.3 is 0 Å².